The molecule has 0 saturated heterocycles. The Bertz CT molecular complexity index is 629. The summed E-state index contributed by atoms with van der Waals surface area (Å²) in [7, 11) is 1.66. The first-order chi connectivity index (χ1) is 10.1. The Hall–Kier alpha value is -1.92. The van der Waals surface area contributed by atoms with Gasteiger partial charge in [0.05, 0.1) is 18.1 Å². The number of nitrogens with one attached hydrogen (secondary N) is 1. The van der Waals surface area contributed by atoms with Crippen molar-refractivity contribution in [3.8, 4) is 0 Å². The van der Waals surface area contributed by atoms with E-state index in [-0.39, 0.29) is 5.69 Å². The van der Waals surface area contributed by atoms with Crippen molar-refractivity contribution in [3.63, 3.8) is 0 Å². The highest BCUT2D eigenvalue weighted by Crippen LogP contribution is 2.25. The van der Waals surface area contributed by atoms with Crippen molar-refractivity contribution >= 4 is 27.3 Å². The molecule has 110 valence electrons. The molecule has 0 aliphatic carbocycles. The van der Waals surface area contributed by atoms with Crippen LogP contribution in [0.2, 0.25) is 0 Å². The summed E-state index contributed by atoms with van der Waals surface area (Å²) in [5.74, 6) is 0. The Balaban J connectivity index is 1.98. The van der Waals surface area contributed by atoms with Crippen LogP contribution < -0.4 is 5.32 Å². The van der Waals surface area contributed by atoms with Crippen molar-refractivity contribution in [1.29, 1.82) is 0 Å². The molecule has 0 bridgehead atoms. The SMILES string of the molecule is CNc1ccc(COCc2ccc(Br)cc2)cc1[N+](=O)[O-]. The van der Waals surface area contributed by atoms with Gasteiger partial charge in [-0.05, 0) is 29.3 Å². The second-order valence-corrected chi connectivity index (χ2v) is 5.39. The first-order valence-electron chi connectivity index (χ1n) is 6.37. The Morgan fingerprint density at radius 3 is 2.38 bits per heavy atom. The fourth-order valence-electron chi connectivity index (χ4n) is 1.90. The molecule has 0 aliphatic rings. The van der Waals surface area contributed by atoms with E-state index in [2.05, 4.69) is 21.2 Å². The van der Waals surface area contributed by atoms with E-state index < -0.39 is 4.92 Å². The van der Waals surface area contributed by atoms with Crippen molar-refractivity contribution in [2.24, 2.45) is 0 Å². The number of nitro benzene ring substituents is 1. The predicted molar refractivity (Wildman–Crippen MR) is 85.3 cm³/mol. The lowest BCUT2D eigenvalue weighted by Gasteiger charge is -2.07. The fourth-order valence-corrected chi connectivity index (χ4v) is 2.16. The minimum Gasteiger partial charge on any atom is -0.383 e. The van der Waals surface area contributed by atoms with Crippen LogP contribution in [0, 0.1) is 10.1 Å². The van der Waals surface area contributed by atoms with Crippen LogP contribution >= 0.6 is 15.9 Å². The largest absolute Gasteiger partial charge is 0.383 e. The quantitative estimate of drug-likeness (QED) is 0.628. The molecule has 0 heterocycles. The van der Waals surface area contributed by atoms with Crippen LogP contribution in [0.25, 0.3) is 0 Å². The highest BCUT2D eigenvalue weighted by Gasteiger charge is 2.13. The molecular formula is C15H15BrN2O3. The van der Waals surface area contributed by atoms with Crippen molar-refractivity contribution in [1.82, 2.24) is 0 Å². The molecule has 0 aliphatic heterocycles. The van der Waals surface area contributed by atoms with Gasteiger partial charge >= 0.3 is 0 Å². The van der Waals surface area contributed by atoms with Crippen LogP contribution in [0.4, 0.5) is 11.4 Å². The minimum absolute atomic E-state index is 0.0576. The number of nitro groups is 1. The molecule has 0 fully saturated rings. The summed E-state index contributed by atoms with van der Waals surface area (Å²) in [6, 6.07) is 12.9. The van der Waals surface area contributed by atoms with Gasteiger partial charge in [-0.1, -0.05) is 34.1 Å². The van der Waals surface area contributed by atoms with Crippen LogP contribution in [0.5, 0.6) is 0 Å². The number of rotatable bonds is 6. The predicted octanol–water partition coefficient (Wildman–Crippen LogP) is 4.12. The van der Waals surface area contributed by atoms with Gasteiger partial charge in [0.25, 0.3) is 5.69 Å². The standard InChI is InChI=1S/C15H15BrN2O3/c1-17-14-7-4-12(8-15(14)18(19)20)10-21-9-11-2-5-13(16)6-3-11/h2-8,17H,9-10H2,1H3. The van der Waals surface area contributed by atoms with Crippen molar-refractivity contribution in [2.45, 2.75) is 13.2 Å². The zero-order valence-electron chi connectivity index (χ0n) is 11.5. The third-order valence-electron chi connectivity index (χ3n) is 2.98. The van der Waals surface area contributed by atoms with Gasteiger partial charge in [-0.15, -0.1) is 0 Å². The second kappa shape index (κ2) is 7.19. The summed E-state index contributed by atoms with van der Waals surface area (Å²) < 4.78 is 6.61. The van der Waals surface area contributed by atoms with E-state index in [1.54, 1.807) is 13.1 Å². The zero-order chi connectivity index (χ0) is 15.2. The molecule has 6 heteroatoms. The van der Waals surface area contributed by atoms with Crippen LogP contribution in [0.1, 0.15) is 11.1 Å². The average molecular weight is 351 g/mol. The number of hydrogen-bond donors (Lipinski definition) is 1. The maximum atomic E-state index is 11.0. The second-order valence-electron chi connectivity index (χ2n) is 4.48. The topological polar surface area (TPSA) is 64.4 Å². The van der Waals surface area contributed by atoms with Gasteiger partial charge < -0.3 is 10.1 Å². The lowest BCUT2D eigenvalue weighted by atomic mass is 10.2. The number of nitrogens with zero attached hydrogens (tertiary/aromatic N) is 1. The van der Waals surface area contributed by atoms with E-state index in [0.29, 0.717) is 18.9 Å². The van der Waals surface area contributed by atoms with Gasteiger partial charge in [-0.25, -0.2) is 0 Å². The van der Waals surface area contributed by atoms with Crippen LogP contribution in [-0.4, -0.2) is 12.0 Å². The highest BCUT2D eigenvalue weighted by molar-refractivity contribution is 9.10. The molecule has 0 atom stereocenters. The first kappa shape index (κ1) is 15.5. The molecule has 0 radical (unpaired) electrons. The summed E-state index contributed by atoms with van der Waals surface area (Å²) in [4.78, 5) is 10.6. The van der Waals surface area contributed by atoms with Crippen molar-refractivity contribution < 1.29 is 9.66 Å². The van der Waals surface area contributed by atoms with Crippen LogP contribution in [0.3, 0.4) is 0 Å². The summed E-state index contributed by atoms with van der Waals surface area (Å²) >= 11 is 3.37. The fraction of sp³-hybridized carbons (Fsp3) is 0.200. The minimum atomic E-state index is -0.399. The molecular weight excluding hydrogens is 336 g/mol. The van der Waals surface area contributed by atoms with Gasteiger partial charge in [0.15, 0.2) is 0 Å². The summed E-state index contributed by atoms with van der Waals surface area (Å²) in [5.41, 5.74) is 2.39. The Morgan fingerprint density at radius 1 is 1.14 bits per heavy atom. The van der Waals surface area contributed by atoms with E-state index in [1.807, 2.05) is 30.3 Å². The first-order valence-corrected chi connectivity index (χ1v) is 7.16. The third-order valence-corrected chi connectivity index (χ3v) is 3.51. The molecule has 0 aromatic heterocycles. The Labute approximate surface area is 131 Å². The Morgan fingerprint density at radius 2 is 1.76 bits per heavy atom. The van der Waals surface area contributed by atoms with Gasteiger partial charge in [-0.2, -0.15) is 0 Å². The van der Waals surface area contributed by atoms with E-state index in [9.17, 15) is 10.1 Å². The number of halogens is 1. The molecule has 0 amide bonds. The van der Waals surface area contributed by atoms with E-state index in [4.69, 9.17) is 4.74 Å². The molecule has 21 heavy (non-hydrogen) atoms. The molecule has 5 nitrogen and oxygen atoms in total. The lowest BCUT2D eigenvalue weighted by molar-refractivity contribution is -0.384. The summed E-state index contributed by atoms with van der Waals surface area (Å²) in [6.07, 6.45) is 0. The molecule has 1 N–H and O–H groups in total. The average Bonchev–Trinajstić information content (AvgIpc) is 2.49. The molecule has 0 saturated carbocycles. The Kier molecular flexibility index (Phi) is 5.30. The number of hydrogen-bond acceptors (Lipinski definition) is 4. The highest BCUT2D eigenvalue weighted by atomic mass is 79.9. The number of ether oxygens (including phenoxy) is 1. The molecule has 2 rings (SSSR count). The number of benzene rings is 2. The summed E-state index contributed by atoms with van der Waals surface area (Å²) in [6.45, 7) is 0.801. The van der Waals surface area contributed by atoms with Gasteiger partial charge in [-0.3, -0.25) is 10.1 Å². The number of anilines is 1. The van der Waals surface area contributed by atoms with Crippen molar-refractivity contribution in [3.05, 3.63) is 68.2 Å². The maximum absolute atomic E-state index is 11.0. The van der Waals surface area contributed by atoms with Gasteiger partial charge in [0.2, 0.25) is 0 Å². The van der Waals surface area contributed by atoms with Gasteiger partial charge in [0, 0.05) is 17.6 Å². The molecule has 0 spiro atoms. The third kappa shape index (κ3) is 4.27. The van der Waals surface area contributed by atoms with E-state index >= 15 is 0 Å². The smallest absolute Gasteiger partial charge is 0.292 e. The monoisotopic (exact) mass is 350 g/mol. The zero-order valence-corrected chi connectivity index (χ0v) is 13.1. The maximum Gasteiger partial charge on any atom is 0.292 e. The van der Waals surface area contributed by atoms with E-state index in [1.165, 1.54) is 6.07 Å². The van der Waals surface area contributed by atoms with Crippen LogP contribution in [0.15, 0.2) is 46.9 Å². The molecule has 2 aromatic rings. The lowest BCUT2D eigenvalue weighted by Crippen LogP contribution is -1.99. The normalized spacial score (nSPS) is 10.4. The van der Waals surface area contributed by atoms with Crippen molar-refractivity contribution in [2.75, 3.05) is 12.4 Å². The summed E-state index contributed by atoms with van der Waals surface area (Å²) in [5, 5.41) is 13.8. The molecule has 2 aromatic carbocycles. The van der Waals surface area contributed by atoms with Gasteiger partial charge in [0.1, 0.15) is 5.69 Å². The molecule has 0 unspecified atom stereocenters. The van der Waals surface area contributed by atoms with Crippen LogP contribution in [-0.2, 0) is 18.0 Å². The van der Waals surface area contributed by atoms with E-state index in [0.717, 1.165) is 15.6 Å².